The summed E-state index contributed by atoms with van der Waals surface area (Å²) >= 11 is 1.96. The number of aryl methyl sites for hydroxylation is 1. The lowest BCUT2D eigenvalue weighted by Crippen LogP contribution is -2.25. The standard InChI is InChI=1S/C17H22N2S/c1-14-6-8-15(9-7-14)20-13-12-19-11-3-5-17(19)16-4-2-10-18-16/h2,4,6-10,17-18H,3,5,11-13H2,1H3/t17-/m0/s1. The molecule has 20 heavy (non-hydrogen) atoms. The number of rotatable bonds is 5. The predicted molar refractivity (Wildman–Crippen MR) is 86.2 cm³/mol. The second-order valence-electron chi connectivity index (χ2n) is 5.48. The average molecular weight is 286 g/mol. The Balaban J connectivity index is 1.51. The van der Waals surface area contributed by atoms with Crippen molar-refractivity contribution in [2.45, 2.75) is 30.7 Å². The minimum absolute atomic E-state index is 0.601. The summed E-state index contributed by atoms with van der Waals surface area (Å²) in [5.74, 6) is 1.17. The van der Waals surface area contributed by atoms with Crippen molar-refractivity contribution in [1.82, 2.24) is 9.88 Å². The van der Waals surface area contributed by atoms with Crippen molar-refractivity contribution in [3.8, 4) is 0 Å². The molecular formula is C17H22N2S. The summed E-state index contributed by atoms with van der Waals surface area (Å²) in [5, 5.41) is 0. The van der Waals surface area contributed by atoms with Gasteiger partial charge in [-0.05, 0) is 50.6 Å². The van der Waals surface area contributed by atoms with Crippen molar-refractivity contribution in [2.24, 2.45) is 0 Å². The van der Waals surface area contributed by atoms with Crippen LogP contribution in [0, 0.1) is 6.92 Å². The van der Waals surface area contributed by atoms with Crippen LogP contribution in [0.5, 0.6) is 0 Å². The summed E-state index contributed by atoms with van der Waals surface area (Å²) in [7, 11) is 0. The number of likely N-dealkylation sites (tertiary alicyclic amines) is 1. The van der Waals surface area contributed by atoms with E-state index in [0.717, 1.165) is 0 Å². The van der Waals surface area contributed by atoms with Gasteiger partial charge >= 0.3 is 0 Å². The van der Waals surface area contributed by atoms with Crippen LogP contribution in [-0.2, 0) is 0 Å². The van der Waals surface area contributed by atoms with Crippen LogP contribution in [-0.4, -0.2) is 28.7 Å². The van der Waals surface area contributed by atoms with Gasteiger partial charge in [0, 0.05) is 35.1 Å². The van der Waals surface area contributed by atoms with Crippen molar-refractivity contribution >= 4 is 11.8 Å². The van der Waals surface area contributed by atoms with Crippen LogP contribution < -0.4 is 0 Å². The molecule has 0 saturated carbocycles. The molecule has 0 unspecified atom stereocenters. The molecule has 1 atom stereocenters. The van der Waals surface area contributed by atoms with Gasteiger partial charge in [-0.2, -0.15) is 0 Å². The third kappa shape index (κ3) is 3.28. The summed E-state index contributed by atoms with van der Waals surface area (Å²) < 4.78 is 0. The van der Waals surface area contributed by atoms with Gasteiger partial charge in [-0.3, -0.25) is 4.90 Å². The fourth-order valence-corrected chi connectivity index (χ4v) is 3.80. The summed E-state index contributed by atoms with van der Waals surface area (Å²) in [6.07, 6.45) is 4.64. The second-order valence-corrected chi connectivity index (χ2v) is 6.65. The van der Waals surface area contributed by atoms with E-state index in [4.69, 9.17) is 0 Å². The highest BCUT2D eigenvalue weighted by molar-refractivity contribution is 7.99. The summed E-state index contributed by atoms with van der Waals surface area (Å²) in [5.41, 5.74) is 2.71. The summed E-state index contributed by atoms with van der Waals surface area (Å²) in [6.45, 7) is 4.54. The van der Waals surface area contributed by atoms with E-state index in [-0.39, 0.29) is 0 Å². The summed E-state index contributed by atoms with van der Waals surface area (Å²) in [6, 6.07) is 13.8. The topological polar surface area (TPSA) is 19.0 Å². The number of H-pyrrole nitrogens is 1. The number of aromatic amines is 1. The largest absolute Gasteiger partial charge is 0.364 e. The Morgan fingerprint density at radius 1 is 1.25 bits per heavy atom. The van der Waals surface area contributed by atoms with Crippen molar-refractivity contribution in [1.29, 1.82) is 0 Å². The third-order valence-corrected chi connectivity index (χ3v) is 5.01. The van der Waals surface area contributed by atoms with E-state index < -0.39 is 0 Å². The van der Waals surface area contributed by atoms with E-state index in [1.54, 1.807) is 0 Å². The first kappa shape index (κ1) is 13.8. The van der Waals surface area contributed by atoms with Crippen LogP contribution in [0.2, 0.25) is 0 Å². The van der Waals surface area contributed by atoms with E-state index in [1.807, 2.05) is 18.0 Å². The minimum atomic E-state index is 0.601. The van der Waals surface area contributed by atoms with E-state index in [0.29, 0.717) is 6.04 Å². The van der Waals surface area contributed by atoms with Crippen molar-refractivity contribution in [3.63, 3.8) is 0 Å². The number of benzene rings is 1. The molecule has 1 aliphatic heterocycles. The SMILES string of the molecule is Cc1ccc(SCCN2CCC[C@H]2c2ccc[nH]2)cc1. The third-order valence-electron chi connectivity index (χ3n) is 4.01. The van der Waals surface area contributed by atoms with E-state index in [9.17, 15) is 0 Å². The zero-order valence-corrected chi connectivity index (χ0v) is 12.8. The molecule has 1 aromatic carbocycles. The van der Waals surface area contributed by atoms with Crippen LogP contribution >= 0.6 is 11.8 Å². The molecule has 2 heterocycles. The number of hydrogen-bond donors (Lipinski definition) is 1. The lowest BCUT2D eigenvalue weighted by atomic mass is 10.1. The van der Waals surface area contributed by atoms with Crippen molar-refractivity contribution in [3.05, 3.63) is 53.9 Å². The average Bonchev–Trinajstić information content (AvgIpc) is 3.11. The first-order valence-electron chi connectivity index (χ1n) is 7.40. The maximum atomic E-state index is 3.37. The highest BCUT2D eigenvalue weighted by atomic mass is 32.2. The number of aromatic nitrogens is 1. The van der Waals surface area contributed by atoms with Crippen molar-refractivity contribution in [2.75, 3.05) is 18.8 Å². The van der Waals surface area contributed by atoms with Gasteiger partial charge in [0.2, 0.25) is 0 Å². The number of nitrogens with one attached hydrogen (secondary N) is 1. The number of hydrogen-bond acceptors (Lipinski definition) is 2. The van der Waals surface area contributed by atoms with Gasteiger partial charge in [0.1, 0.15) is 0 Å². The van der Waals surface area contributed by atoms with Crippen LogP contribution in [0.3, 0.4) is 0 Å². The van der Waals surface area contributed by atoms with Gasteiger partial charge in [-0.25, -0.2) is 0 Å². The Kier molecular flexibility index (Phi) is 4.48. The molecule has 1 N–H and O–H groups in total. The maximum absolute atomic E-state index is 3.37. The van der Waals surface area contributed by atoms with Crippen LogP contribution in [0.1, 0.15) is 30.1 Å². The quantitative estimate of drug-likeness (QED) is 0.829. The molecule has 1 fully saturated rings. The zero-order chi connectivity index (χ0) is 13.8. The molecule has 1 aromatic heterocycles. The van der Waals surface area contributed by atoms with E-state index >= 15 is 0 Å². The fourth-order valence-electron chi connectivity index (χ4n) is 2.91. The first-order chi connectivity index (χ1) is 9.83. The minimum Gasteiger partial charge on any atom is -0.364 e. The molecule has 106 valence electrons. The molecule has 1 saturated heterocycles. The zero-order valence-electron chi connectivity index (χ0n) is 12.0. The fraction of sp³-hybridized carbons (Fsp3) is 0.412. The highest BCUT2D eigenvalue weighted by Gasteiger charge is 2.25. The van der Waals surface area contributed by atoms with Gasteiger partial charge in [-0.1, -0.05) is 17.7 Å². The normalized spacial score (nSPS) is 19.6. The molecular weight excluding hydrogens is 264 g/mol. The van der Waals surface area contributed by atoms with Gasteiger partial charge in [0.05, 0.1) is 0 Å². The van der Waals surface area contributed by atoms with Gasteiger partial charge in [0.15, 0.2) is 0 Å². The number of nitrogens with zero attached hydrogens (tertiary/aromatic N) is 1. The molecule has 2 aromatic rings. The van der Waals surface area contributed by atoms with Crippen LogP contribution in [0.25, 0.3) is 0 Å². The van der Waals surface area contributed by atoms with Crippen molar-refractivity contribution < 1.29 is 0 Å². The molecule has 2 nitrogen and oxygen atoms in total. The maximum Gasteiger partial charge on any atom is 0.0499 e. The summed E-state index contributed by atoms with van der Waals surface area (Å²) in [4.78, 5) is 7.37. The molecule has 0 bridgehead atoms. The van der Waals surface area contributed by atoms with Gasteiger partial charge < -0.3 is 4.98 Å². The van der Waals surface area contributed by atoms with Gasteiger partial charge in [0.25, 0.3) is 0 Å². The Bertz CT molecular complexity index is 518. The smallest absolute Gasteiger partial charge is 0.0499 e. The second kappa shape index (κ2) is 6.51. The highest BCUT2D eigenvalue weighted by Crippen LogP contribution is 2.31. The molecule has 0 spiro atoms. The predicted octanol–water partition coefficient (Wildman–Crippen LogP) is 4.25. The lowest BCUT2D eigenvalue weighted by Gasteiger charge is -2.23. The van der Waals surface area contributed by atoms with Gasteiger partial charge in [-0.15, -0.1) is 11.8 Å². The Morgan fingerprint density at radius 2 is 2.10 bits per heavy atom. The molecule has 3 heteroatoms. The van der Waals surface area contributed by atoms with E-state index in [1.165, 1.54) is 47.8 Å². The molecule has 1 aliphatic rings. The first-order valence-corrected chi connectivity index (χ1v) is 8.38. The lowest BCUT2D eigenvalue weighted by molar-refractivity contribution is 0.270. The Hall–Kier alpha value is -1.19. The monoisotopic (exact) mass is 286 g/mol. The van der Waals surface area contributed by atoms with E-state index in [2.05, 4.69) is 53.2 Å². The Morgan fingerprint density at radius 3 is 2.85 bits per heavy atom. The Labute approximate surface area is 125 Å². The van der Waals surface area contributed by atoms with Crippen LogP contribution in [0.15, 0.2) is 47.5 Å². The molecule has 0 aliphatic carbocycles. The number of thioether (sulfide) groups is 1. The molecule has 0 radical (unpaired) electrons. The molecule has 0 amide bonds. The van der Waals surface area contributed by atoms with Crippen LogP contribution in [0.4, 0.5) is 0 Å². The molecule has 3 rings (SSSR count).